The monoisotopic (exact) mass is 443 g/mol. The summed E-state index contributed by atoms with van der Waals surface area (Å²) >= 11 is 5.86. The van der Waals surface area contributed by atoms with Crippen LogP contribution < -0.4 is 5.32 Å². The van der Waals surface area contributed by atoms with Crippen LogP contribution in [-0.2, 0) is 5.41 Å². The van der Waals surface area contributed by atoms with Gasteiger partial charge in [-0.3, -0.25) is 5.10 Å². The number of benzene rings is 2. The van der Waals surface area contributed by atoms with Gasteiger partial charge in [0.15, 0.2) is 17.2 Å². The molecule has 5 nitrogen and oxygen atoms in total. The minimum absolute atomic E-state index is 0.0322. The van der Waals surface area contributed by atoms with Crippen LogP contribution in [0.5, 0.6) is 5.75 Å². The van der Waals surface area contributed by atoms with Gasteiger partial charge < -0.3 is 15.5 Å². The zero-order valence-corrected chi connectivity index (χ0v) is 16.7. The van der Waals surface area contributed by atoms with E-state index in [1.807, 2.05) is 0 Å². The van der Waals surface area contributed by atoms with Crippen LogP contribution in [0.3, 0.4) is 0 Å². The number of rotatable bonds is 2. The lowest BCUT2D eigenvalue weighted by molar-refractivity contribution is -0.276. The van der Waals surface area contributed by atoms with Crippen LogP contribution in [0.2, 0.25) is 5.02 Å². The number of aliphatic hydroxyl groups is 1. The van der Waals surface area contributed by atoms with Gasteiger partial charge in [-0.1, -0.05) is 31.5 Å². The second-order valence-electron chi connectivity index (χ2n) is 8.18. The van der Waals surface area contributed by atoms with Crippen LogP contribution in [0.25, 0.3) is 10.9 Å². The van der Waals surface area contributed by atoms with E-state index in [0.717, 1.165) is 6.07 Å². The first-order valence-corrected chi connectivity index (χ1v) is 9.44. The van der Waals surface area contributed by atoms with E-state index in [-0.39, 0.29) is 16.8 Å². The molecule has 0 radical (unpaired) electrons. The van der Waals surface area contributed by atoms with E-state index in [1.165, 1.54) is 20.0 Å². The minimum Gasteiger partial charge on any atom is -0.505 e. The number of phenols is 1. The van der Waals surface area contributed by atoms with Crippen LogP contribution in [0.1, 0.15) is 37.4 Å². The average molecular weight is 444 g/mol. The summed E-state index contributed by atoms with van der Waals surface area (Å²) < 4.78 is 56.8. The molecule has 0 aliphatic heterocycles. The van der Waals surface area contributed by atoms with Gasteiger partial charge in [0.2, 0.25) is 0 Å². The smallest absolute Gasteiger partial charge is 0.419 e. The Morgan fingerprint density at radius 2 is 2.00 bits per heavy atom. The van der Waals surface area contributed by atoms with Crippen molar-refractivity contribution < 1.29 is 27.8 Å². The summed E-state index contributed by atoms with van der Waals surface area (Å²) in [5.74, 6) is -1.93. The van der Waals surface area contributed by atoms with Crippen molar-refractivity contribution >= 4 is 28.2 Å². The van der Waals surface area contributed by atoms with Gasteiger partial charge in [-0.2, -0.15) is 18.3 Å². The molecule has 1 aliphatic rings. The zero-order chi connectivity index (χ0) is 22.1. The van der Waals surface area contributed by atoms with Gasteiger partial charge >= 0.3 is 6.18 Å². The van der Waals surface area contributed by atoms with Gasteiger partial charge in [-0.15, -0.1) is 0 Å². The van der Waals surface area contributed by atoms with E-state index in [4.69, 9.17) is 11.6 Å². The van der Waals surface area contributed by atoms with E-state index < -0.39 is 46.2 Å². The molecule has 160 valence electrons. The number of phenolic OH excluding ortho intramolecular Hbond substituents is 1. The van der Waals surface area contributed by atoms with Crippen molar-refractivity contribution in [3.8, 4) is 5.75 Å². The number of fused-ring (bicyclic) bond motifs is 2. The maximum Gasteiger partial charge on any atom is 0.419 e. The Morgan fingerprint density at radius 1 is 1.30 bits per heavy atom. The summed E-state index contributed by atoms with van der Waals surface area (Å²) in [7, 11) is 0. The van der Waals surface area contributed by atoms with E-state index in [2.05, 4.69) is 15.5 Å². The highest BCUT2D eigenvalue weighted by molar-refractivity contribution is 6.31. The van der Waals surface area contributed by atoms with Crippen molar-refractivity contribution in [1.82, 2.24) is 10.2 Å². The fourth-order valence-electron chi connectivity index (χ4n) is 4.40. The first kappa shape index (κ1) is 20.7. The van der Waals surface area contributed by atoms with Gasteiger partial charge in [0, 0.05) is 16.6 Å². The van der Waals surface area contributed by atoms with Crippen LogP contribution >= 0.6 is 11.6 Å². The number of halogens is 5. The number of aromatic hydroxyl groups is 1. The molecule has 4 rings (SSSR count). The molecular formula is C20H18ClF4N3O2. The summed E-state index contributed by atoms with van der Waals surface area (Å²) in [5, 5.41) is 30.7. The molecule has 10 heteroatoms. The highest BCUT2D eigenvalue weighted by Crippen LogP contribution is 2.57. The molecule has 1 aliphatic carbocycles. The van der Waals surface area contributed by atoms with Crippen molar-refractivity contribution in [2.45, 2.75) is 43.5 Å². The predicted octanol–water partition coefficient (Wildman–Crippen LogP) is 5.19. The first-order valence-electron chi connectivity index (χ1n) is 9.06. The largest absolute Gasteiger partial charge is 0.505 e. The van der Waals surface area contributed by atoms with Crippen molar-refractivity contribution in [1.29, 1.82) is 0 Å². The Morgan fingerprint density at radius 3 is 2.67 bits per heavy atom. The molecule has 0 saturated heterocycles. The molecule has 0 fully saturated rings. The molecule has 30 heavy (non-hydrogen) atoms. The number of aromatic nitrogens is 2. The fourth-order valence-corrected chi connectivity index (χ4v) is 4.61. The molecular weight excluding hydrogens is 426 g/mol. The Bertz CT molecular complexity index is 1150. The van der Waals surface area contributed by atoms with Crippen LogP contribution in [-0.4, -0.2) is 32.2 Å². The molecule has 0 bridgehead atoms. The topological polar surface area (TPSA) is 81.2 Å². The van der Waals surface area contributed by atoms with E-state index in [9.17, 15) is 27.8 Å². The molecule has 2 atom stereocenters. The number of H-pyrrole nitrogens is 1. The van der Waals surface area contributed by atoms with Crippen LogP contribution in [0.15, 0.2) is 30.5 Å². The third kappa shape index (κ3) is 2.91. The van der Waals surface area contributed by atoms with E-state index in [0.29, 0.717) is 10.9 Å². The van der Waals surface area contributed by atoms with E-state index in [1.54, 1.807) is 18.2 Å². The second kappa shape index (κ2) is 6.49. The lowest BCUT2D eigenvalue weighted by Crippen LogP contribution is -2.58. The van der Waals surface area contributed by atoms with Gasteiger partial charge in [-0.05, 0) is 35.6 Å². The number of hydrogen-bond acceptors (Lipinski definition) is 4. The van der Waals surface area contributed by atoms with Crippen molar-refractivity contribution in [2.75, 3.05) is 5.32 Å². The summed E-state index contributed by atoms with van der Waals surface area (Å²) in [6.45, 7) is 2.81. The standard InChI is InChI=1S/C20H18ClF4N3O2/c1-18(2)8-19(30,20(23,24)25)17(9-6-11(21)15(22)16(29)14(9)18)27-12-4-3-5-13-10(12)7-26-28-13/h3-7,17,27,29-30H,8H2,1-2H3,(H,26,28). The number of alkyl halides is 3. The lowest BCUT2D eigenvalue weighted by Gasteiger charge is -2.49. The highest BCUT2D eigenvalue weighted by atomic mass is 35.5. The van der Waals surface area contributed by atoms with Crippen LogP contribution in [0, 0.1) is 5.82 Å². The lowest BCUT2D eigenvalue weighted by atomic mass is 9.63. The molecule has 0 amide bonds. The summed E-state index contributed by atoms with van der Waals surface area (Å²) in [4.78, 5) is 0. The van der Waals surface area contributed by atoms with Gasteiger partial charge in [-0.25, -0.2) is 4.39 Å². The van der Waals surface area contributed by atoms with Gasteiger partial charge in [0.05, 0.1) is 22.8 Å². The van der Waals surface area contributed by atoms with Gasteiger partial charge in [0.25, 0.3) is 0 Å². The third-order valence-electron chi connectivity index (χ3n) is 5.68. The molecule has 2 aromatic carbocycles. The first-order chi connectivity index (χ1) is 13.9. The van der Waals surface area contributed by atoms with Gasteiger partial charge in [0.1, 0.15) is 0 Å². The number of hydrogen-bond donors (Lipinski definition) is 4. The summed E-state index contributed by atoms with van der Waals surface area (Å²) in [5.41, 5.74) is -3.92. The molecule has 3 aromatic rings. The molecule has 4 N–H and O–H groups in total. The average Bonchev–Trinajstić information content (AvgIpc) is 3.10. The Kier molecular flexibility index (Phi) is 4.48. The Labute approximate surface area is 173 Å². The molecule has 0 spiro atoms. The van der Waals surface area contributed by atoms with Crippen molar-refractivity contribution in [3.63, 3.8) is 0 Å². The number of anilines is 1. The zero-order valence-electron chi connectivity index (χ0n) is 15.9. The normalized spacial score (nSPS) is 23.4. The Hall–Kier alpha value is -2.52. The third-order valence-corrected chi connectivity index (χ3v) is 5.95. The molecule has 1 aromatic heterocycles. The maximum atomic E-state index is 14.3. The number of nitrogens with one attached hydrogen (secondary N) is 2. The quantitative estimate of drug-likeness (QED) is 0.411. The van der Waals surface area contributed by atoms with E-state index >= 15 is 0 Å². The summed E-state index contributed by atoms with van der Waals surface area (Å²) in [6.07, 6.45) is -4.39. The SMILES string of the molecule is CC1(C)CC(O)(C(F)(F)F)C(Nc2cccc3[nH]ncc23)c2cc(Cl)c(F)c(O)c21. The highest BCUT2D eigenvalue weighted by Gasteiger charge is 2.64. The number of aromatic amines is 1. The molecule has 2 unspecified atom stereocenters. The molecule has 0 saturated carbocycles. The predicted molar refractivity (Wildman–Crippen MR) is 104 cm³/mol. The maximum absolute atomic E-state index is 14.3. The van der Waals surface area contributed by atoms with Crippen molar-refractivity contribution in [2.24, 2.45) is 0 Å². The number of nitrogens with zero attached hydrogens (tertiary/aromatic N) is 1. The fraction of sp³-hybridized carbons (Fsp3) is 0.350. The summed E-state index contributed by atoms with van der Waals surface area (Å²) in [6, 6.07) is 4.11. The van der Waals surface area contributed by atoms with Crippen molar-refractivity contribution in [3.05, 3.63) is 52.4 Å². The molecule has 1 heterocycles. The minimum atomic E-state index is -5.03. The second-order valence-corrected chi connectivity index (χ2v) is 8.59. The van der Waals surface area contributed by atoms with Crippen LogP contribution in [0.4, 0.5) is 23.2 Å². The Balaban J connectivity index is 1.99.